The number of nitrogens with one attached hydrogen (secondary N) is 1. The highest BCUT2D eigenvalue weighted by Crippen LogP contribution is 2.48. The summed E-state index contributed by atoms with van der Waals surface area (Å²) in [6, 6.07) is 10.8. The first-order valence-corrected chi connectivity index (χ1v) is 11.2. The van der Waals surface area contributed by atoms with Crippen LogP contribution in [0.4, 0.5) is 11.9 Å². The van der Waals surface area contributed by atoms with Gasteiger partial charge in [-0.15, -0.1) is 5.10 Å². The molecule has 2 aromatic carbocycles. The minimum atomic E-state index is -0.560. The van der Waals surface area contributed by atoms with E-state index in [4.69, 9.17) is 24.7 Å². The number of anilines is 2. The average Bonchev–Trinajstić information content (AvgIpc) is 3.25. The molecule has 1 aromatic heterocycles. The number of benzene rings is 2. The summed E-state index contributed by atoms with van der Waals surface area (Å²) in [5.74, 6) is 2.90. The van der Waals surface area contributed by atoms with Gasteiger partial charge in [-0.25, -0.2) is 4.68 Å². The Morgan fingerprint density at radius 1 is 0.971 bits per heavy atom. The SMILES string of the molecule is COc1ccc([C@H]2CC(=O)C3=C(C2)Nc2nc(N)nn2[C@H]3c2cccc(OC)c2OC)cc1OC. The van der Waals surface area contributed by atoms with E-state index in [1.807, 2.05) is 36.4 Å². The molecule has 2 atom stereocenters. The van der Waals surface area contributed by atoms with Crippen molar-refractivity contribution in [2.75, 3.05) is 39.5 Å². The molecule has 0 fully saturated rings. The van der Waals surface area contributed by atoms with Crippen molar-refractivity contribution in [2.45, 2.75) is 24.8 Å². The van der Waals surface area contributed by atoms with Crippen molar-refractivity contribution in [2.24, 2.45) is 0 Å². The molecule has 0 saturated heterocycles. The number of para-hydroxylation sites is 1. The molecule has 5 rings (SSSR count). The number of aromatic nitrogens is 3. The molecule has 3 N–H and O–H groups in total. The van der Waals surface area contributed by atoms with Gasteiger partial charge in [0, 0.05) is 23.3 Å². The number of hydrogen-bond acceptors (Lipinski definition) is 9. The number of ketones is 1. The first-order chi connectivity index (χ1) is 17.0. The molecule has 0 radical (unpaired) electrons. The number of allylic oxidation sites excluding steroid dienone is 2. The zero-order valence-corrected chi connectivity index (χ0v) is 20.0. The van der Waals surface area contributed by atoms with Crippen LogP contribution in [0.5, 0.6) is 23.0 Å². The third-order valence-corrected chi connectivity index (χ3v) is 6.54. The second-order valence-electron chi connectivity index (χ2n) is 8.38. The van der Waals surface area contributed by atoms with E-state index < -0.39 is 6.04 Å². The Balaban J connectivity index is 1.62. The smallest absolute Gasteiger partial charge is 0.241 e. The van der Waals surface area contributed by atoms with E-state index in [-0.39, 0.29) is 17.6 Å². The maximum absolute atomic E-state index is 13.7. The normalized spacial score (nSPS) is 18.9. The standard InChI is InChI=1S/C25H27N5O5/c1-32-18-9-8-13(12-20(18)34-3)14-10-16-21(17(31)11-14)22(30-25(27-16)28-24(26)29-30)15-6-5-7-19(33-2)23(15)35-4/h5-9,12,14,22H,10-11H2,1-4H3,(H3,26,27,28,29)/t14-,22+/m1/s1. The van der Waals surface area contributed by atoms with Crippen LogP contribution in [0.3, 0.4) is 0 Å². The second-order valence-corrected chi connectivity index (χ2v) is 8.38. The van der Waals surface area contributed by atoms with Crippen LogP contribution in [0.25, 0.3) is 0 Å². The van der Waals surface area contributed by atoms with E-state index >= 15 is 0 Å². The molecule has 0 spiro atoms. The van der Waals surface area contributed by atoms with Crippen LogP contribution in [-0.4, -0.2) is 49.0 Å². The van der Waals surface area contributed by atoms with Crippen molar-refractivity contribution >= 4 is 17.7 Å². The highest BCUT2D eigenvalue weighted by atomic mass is 16.5. The van der Waals surface area contributed by atoms with Gasteiger partial charge in [-0.05, 0) is 36.1 Å². The van der Waals surface area contributed by atoms with Crippen molar-refractivity contribution in [3.05, 3.63) is 58.8 Å². The van der Waals surface area contributed by atoms with Gasteiger partial charge in [0.15, 0.2) is 28.8 Å². The summed E-state index contributed by atoms with van der Waals surface area (Å²) in [7, 11) is 6.34. The van der Waals surface area contributed by atoms with Crippen molar-refractivity contribution in [3.63, 3.8) is 0 Å². The van der Waals surface area contributed by atoms with Crippen LogP contribution in [0.15, 0.2) is 47.7 Å². The molecule has 2 aliphatic rings. The van der Waals surface area contributed by atoms with Gasteiger partial charge in [0.1, 0.15) is 6.04 Å². The molecule has 0 unspecified atom stereocenters. The highest BCUT2D eigenvalue weighted by molar-refractivity contribution is 6.00. The van der Waals surface area contributed by atoms with Crippen molar-refractivity contribution in [1.29, 1.82) is 0 Å². The topological polar surface area (TPSA) is 123 Å². The van der Waals surface area contributed by atoms with Crippen LogP contribution < -0.4 is 30.0 Å². The predicted octanol–water partition coefficient (Wildman–Crippen LogP) is 3.31. The fraction of sp³-hybridized carbons (Fsp3) is 0.320. The number of nitrogens with two attached hydrogens (primary N) is 1. The van der Waals surface area contributed by atoms with Gasteiger partial charge in [0.05, 0.1) is 28.4 Å². The third kappa shape index (κ3) is 3.71. The zero-order chi connectivity index (χ0) is 24.7. The number of nitrogen functional groups attached to an aromatic ring is 1. The minimum Gasteiger partial charge on any atom is -0.493 e. The van der Waals surface area contributed by atoms with E-state index in [1.54, 1.807) is 33.1 Å². The number of fused-ring (bicyclic) bond motifs is 1. The molecular formula is C25H27N5O5. The molecule has 3 aromatic rings. The van der Waals surface area contributed by atoms with Gasteiger partial charge in [0.25, 0.3) is 0 Å². The lowest BCUT2D eigenvalue weighted by Crippen LogP contribution is -2.33. The quantitative estimate of drug-likeness (QED) is 0.550. The lowest BCUT2D eigenvalue weighted by atomic mass is 9.77. The summed E-state index contributed by atoms with van der Waals surface area (Å²) in [5, 5.41) is 7.70. The molecular weight excluding hydrogens is 450 g/mol. The van der Waals surface area contributed by atoms with Crippen molar-refractivity contribution < 1.29 is 23.7 Å². The largest absolute Gasteiger partial charge is 0.493 e. The van der Waals surface area contributed by atoms with Crippen LogP contribution in [-0.2, 0) is 4.79 Å². The molecule has 1 aliphatic carbocycles. The Morgan fingerprint density at radius 3 is 2.46 bits per heavy atom. The van der Waals surface area contributed by atoms with E-state index in [1.165, 1.54) is 0 Å². The molecule has 10 nitrogen and oxygen atoms in total. The van der Waals surface area contributed by atoms with Gasteiger partial charge in [-0.1, -0.05) is 18.2 Å². The number of carbonyl (C=O) groups excluding carboxylic acids is 1. The van der Waals surface area contributed by atoms with Crippen LogP contribution in [0, 0.1) is 0 Å². The second kappa shape index (κ2) is 8.86. The monoisotopic (exact) mass is 477 g/mol. The van der Waals surface area contributed by atoms with Gasteiger partial charge < -0.3 is 30.0 Å². The Labute approximate surface area is 202 Å². The summed E-state index contributed by atoms with van der Waals surface area (Å²) >= 11 is 0. The molecule has 0 bridgehead atoms. The number of nitrogens with zero attached hydrogens (tertiary/aromatic N) is 3. The van der Waals surface area contributed by atoms with Gasteiger partial charge >= 0.3 is 0 Å². The lowest BCUT2D eigenvalue weighted by Gasteiger charge is -2.35. The number of hydrogen-bond donors (Lipinski definition) is 2. The maximum Gasteiger partial charge on any atom is 0.241 e. The first kappa shape index (κ1) is 22.6. The Morgan fingerprint density at radius 2 is 1.74 bits per heavy atom. The fourth-order valence-corrected chi connectivity index (χ4v) is 4.99. The molecule has 35 heavy (non-hydrogen) atoms. The first-order valence-electron chi connectivity index (χ1n) is 11.2. The summed E-state index contributed by atoms with van der Waals surface area (Å²) in [6.07, 6.45) is 0.935. The van der Waals surface area contributed by atoms with Crippen LogP contribution in [0.1, 0.15) is 35.9 Å². The summed E-state index contributed by atoms with van der Waals surface area (Å²) in [5.41, 5.74) is 9.10. The molecule has 182 valence electrons. The summed E-state index contributed by atoms with van der Waals surface area (Å²) in [4.78, 5) is 18.1. The number of ether oxygens (including phenoxy) is 4. The number of rotatable bonds is 6. The number of carbonyl (C=O) groups is 1. The highest BCUT2D eigenvalue weighted by Gasteiger charge is 2.41. The van der Waals surface area contributed by atoms with Gasteiger partial charge in [0.2, 0.25) is 11.9 Å². The molecule has 0 saturated carbocycles. The Bertz CT molecular complexity index is 1330. The average molecular weight is 478 g/mol. The van der Waals surface area contributed by atoms with E-state index in [2.05, 4.69) is 15.4 Å². The van der Waals surface area contributed by atoms with Gasteiger partial charge in [-0.3, -0.25) is 4.79 Å². The maximum atomic E-state index is 13.7. The fourth-order valence-electron chi connectivity index (χ4n) is 4.99. The number of Topliss-reactive ketones (excluding diaryl/α,β-unsaturated/α-hetero) is 1. The molecule has 0 amide bonds. The van der Waals surface area contributed by atoms with Crippen LogP contribution >= 0.6 is 0 Å². The summed E-state index contributed by atoms with van der Waals surface area (Å²) in [6.45, 7) is 0. The Kier molecular flexibility index (Phi) is 5.72. The lowest BCUT2D eigenvalue weighted by molar-refractivity contribution is -0.116. The van der Waals surface area contributed by atoms with E-state index in [0.29, 0.717) is 47.4 Å². The number of methoxy groups -OCH3 is 4. The molecule has 2 heterocycles. The van der Waals surface area contributed by atoms with Crippen molar-refractivity contribution in [3.8, 4) is 23.0 Å². The molecule has 10 heteroatoms. The predicted molar refractivity (Wildman–Crippen MR) is 129 cm³/mol. The summed E-state index contributed by atoms with van der Waals surface area (Å²) < 4.78 is 23.7. The van der Waals surface area contributed by atoms with E-state index in [0.717, 1.165) is 16.8 Å². The molecule has 1 aliphatic heterocycles. The van der Waals surface area contributed by atoms with E-state index in [9.17, 15) is 4.79 Å². The van der Waals surface area contributed by atoms with Crippen LogP contribution in [0.2, 0.25) is 0 Å². The minimum absolute atomic E-state index is 0.00753. The van der Waals surface area contributed by atoms with Gasteiger partial charge in [-0.2, -0.15) is 4.98 Å². The zero-order valence-electron chi connectivity index (χ0n) is 20.0. The van der Waals surface area contributed by atoms with Crippen molar-refractivity contribution in [1.82, 2.24) is 14.8 Å². The Hall–Kier alpha value is -4.21. The third-order valence-electron chi connectivity index (χ3n) is 6.54.